The molecule has 1 N–H and O–H groups in total. The lowest BCUT2D eigenvalue weighted by Gasteiger charge is -2.34. The summed E-state index contributed by atoms with van der Waals surface area (Å²) < 4.78 is 0. The Bertz CT molecular complexity index is 800. The quantitative estimate of drug-likeness (QED) is 0.792. The number of nitrogens with zero attached hydrogens (tertiary/aromatic N) is 2. The fourth-order valence-electron chi connectivity index (χ4n) is 5.16. The topological polar surface area (TPSA) is 70.0 Å². The number of aryl methyl sites for hydroxylation is 1. The molecule has 0 bridgehead atoms. The molecule has 0 aromatic heterocycles. The van der Waals surface area contributed by atoms with E-state index < -0.39 is 11.3 Å². The van der Waals surface area contributed by atoms with Crippen molar-refractivity contribution in [2.75, 3.05) is 6.54 Å². The second kappa shape index (κ2) is 8.02. The van der Waals surface area contributed by atoms with E-state index in [1.165, 1.54) is 6.42 Å². The van der Waals surface area contributed by atoms with Gasteiger partial charge in [-0.2, -0.15) is 0 Å². The first-order valence-electron chi connectivity index (χ1n) is 11.1. The Kier molecular flexibility index (Phi) is 5.60. The molecule has 2 saturated carbocycles. The Labute approximate surface area is 173 Å². The molecule has 156 valence electrons. The molecule has 1 heterocycles. The SMILES string of the molecule is Cc1ccc(C2=NC3(CCCC3)N(CC(=O)CCC3(O)CCCCC3)C2=O)cc1. The average molecular weight is 397 g/mol. The van der Waals surface area contributed by atoms with Crippen LogP contribution in [0.25, 0.3) is 0 Å². The summed E-state index contributed by atoms with van der Waals surface area (Å²) in [5.41, 5.74) is 1.22. The number of benzene rings is 1. The van der Waals surface area contributed by atoms with Crippen LogP contribution in [0.2, 0.25) is 0 Å². The van der Waals surface area contributed by atoms with Crippen molar-refractivity contribution in [3.05, 3.63) is 35.4 Å². The molecule has 1 amide bonds. The minimum atomic E-state index is -0.697. The maximum Gasteiger partial charge on any atom is 0.275 e. The Morgan fingerprint density at radius 2 is 1.66 bits per heavy atom. The van der Waals surface area contributed by atoms with Crippen LogP contribution in [0.3, 0.4) is 0 Å². The molecule has 2 aliphatic carbocycles. The lowest BCUT2D eigenvalue weighted by atomic mass is 9.81. The lowest BCUT2D eigenvalue weighted by Crippen LogP contribution is -2.48. The Hall–Kier alpha value is -2.01. The van der Waals surface area contributed by atoms with Gasteiger partial charge in [-0.3, -0.25) is 14.6 Å². The van der Waals surface area contributed by atoms with Gasteiger partial charge in [0.15, 0.2) is 5.78 Å². The number of hydrogen-bond donors (Lipinski definition) is 1. The van der Waals surface area contributed by atoms with Crippen LogP contribution in [0.4, 0.5) is 0 Å². The van der Waals surface area contributed by atoms with Gasteiger partial charge in [-0.05, 0) is 51.9 Å². The molecule has 29 heavy (non-hydrogen) atoms. The lowest BCUT2D eigenvalue weighted by molar-refractivity contribution is -0.134. The third-order valence-electron chi connectivity index (χ3n) is 6.99. The largest absolute Gasteiger partial charge is 0.390 e. The minimum Gasteiger partial charge on any atom is -0.390 e. The highest BCUT2D eigenvalue weighted by atomic mass is 16.3. The maximum atomic E-state index is 13.3. The highest BCUT2D eigenvalue weighted by Crippen LogP contribution is 2.41. The normalized spacial score (nSPS) is 22.9. The molecule has 1 aromatic carbocycles. The van der Waals surface area contributed by atoms with Crippen LogP contribution in [-0.4, -0.2) is 45.2 Å². The van der Waals surface area contributed by atoms with Gasteiger partial charge in [-0.1, -0.05) is 49.1 Å². The van der Waals surface area contributed by atoms with E-state index in [9.17, 15) is 14.7 Å². The van der Waals surface area contributed by atoms with Crippen molar-refractivity contribution >= 4 is 17.4 Å². The van der Waals surface area contributed by atoms with E-state index in [-0.39, 0.29) is 18.2 Å². The van der Waals surface area contributed by atoms with Crippen LogP contribution in [0.5, 0.6) is 0 Å². The monoisotopic (exact) mass is 396 g/mol. The van der Waals surface area contributed by atoms with Crippen molar-refractivity contribution in [1.29, 1.82) is 0 Å². The molecule has 0 radical (unpaired) electrons. The molecule has 0 saturated heterocycles. The van der Waals surface area contributed by atoms with Crippen LogP contribution < -0.4 is 0 Å². The highest BCUT2D eigenvalue weighted by molar-refractivity contribution is 6.47. The summed E-state index contributed by atoms with van der Waals surface area (Å²) in [6.45, 7) is 2.12. The molecular formula is C24H32N2O3. The number of carbonyl (C=O) groups excluding carboxylic acids is 2. The van der Waals surface area contributed by atoms with E-state index in [1.54, 1.807) is 4.90 Å². The van der Waals surface area contributed by atoms with Gasteiger partial charge in [0.1, 0.15) is 11.4 Å². The van der Waals surface area contributed by atoms with Crippen LogP contribution in [-0.2, 0) is 9.59 Å². The van der Waals surface area contributed by atoms with Crippen LogP contribution in [0, 0.1) is 6.92 Å². The Morgan fingerprint density at radius 1 is 1.03 bits per heavy atom. The summed E-state index contributed by atoms with van der Waals surface area (Å²) in [6, 6.07) is 7.87. The third-order valence-corrected chi connectivity index (χ3v) is 6.99. The van der Waals surface area contributed by atoms with Crippen molar-refractivity contribution in [3.8, 4) is 0 Å². The van der Waals surface area contributed by atoms with Crippen molar-refractivity contribution in [2.24, 2.45) is 4.99 Å². The summed E-state index contributed by atoms with van der Waals surface area (Å²) in [4.78, 5) is 32.7. The zero-order chi connectivity index (χ0) is 20.5. The Balaban J connectivity index is 1.47. The number of rotatable bonds is 6. The first-order chi connectivity index (χ1) is 13.9. The highest BCUT2D eigenvalue weighted by Gasteiger charge is 2.49. The molecule has 1 aromatic rings. The van der Waals surface area contributed by atoms with Crippen molar-refractivity contribution in [3.63, 3.8) is 0 Å². The zero-order valence-corrected chi connectivity index (χ0v) is 17.5. The molecule has 1 spiro atoms. The average Bonchev–Trinajstić information content (AvgIpc) is 3.29. The first kappa shape index (κ1) is 20.3. The molecule has 2 fully saturated rings. The molecule has 1 aliphatic heterocycles. The summed E-state index contributed by atoms with van der Waals surface area (Å²) in [6.07, 6.45) is 9.35. The fraction of sp³-hybridized carbons (Fsp3) is 0.625. The standard InChI is InChI=1S/C24H32N2O3/c1-18-7-9-19(10-8-18)21-22(28)26(24(25-21)14-5-6-15-24)17-20(27)11-16-23(29)12-3-2-4-13-23/h7-10,29H,2-6,11-17H2,1H3. The van der Waals surface area contributed by atoms with Gasteiger partial charge in [-0.15, -0.1) is 0 Å². The number of ketones is 1. The number of aliphatic hydroxyl groups is 1. The predicted octanol–water partition coefficient (Wildman–Crippen LogP) is 3.94. The molecule has 5 nitrogen and oxygen atoms in total. The van der Waals surface area contributed by atoms with Gasteiger partial charge < -0.3 is 10.0 Å². The number of carbonyl (C=O) groups is 2. The number of aliphatic imine (C=N–C) groups is 1. The van der Waals surface area contributed by atoms with Crippen LogP contribution in [0.15, 0.2) is 29.3 Å². The number of hydrogen-bond acceptors (Lipinski definition) is 4. The van der Waals surface area contributed by atoms with Gasteiger partial charge in [0.2, 0.25) is 0 Å². The summed E-state index contributed by atoms with van der Waals surface area (Å²) >= 11 is 0. The molecule has 0 unspecified atom stereocenters. The van der Waals surface area contributed by atoms with Crippen molar-refractivity contribution in [1.82, 2.24) is 4.90 Å². The van der Waals surface area contributed by atoms with Gasteiger partial charge in [-0.25, -0.2) is 0 Å². The molecular weight excluding hydrogens is 364 g/mol. The van der Waals surface area contributed by atoms with Crippen molar-refractivity contribution in [2.45, 2.75) is 88.8 Å². The van der Waals surface area contributed by atoms with E-state index in [4.69, 9.17) is 4.99 Å². The van der Waals surface area contributed by atoms with E-state index in [2.05, 4.69) is 0 Å². The third kappa shape index (κ3) is 4.16. The summed E-state index contributed by atoms with van der Waals surface area (Å²) in [5, 5.41) is 10.7. The second-order valence-corrected chi connectivity index (χ2v) is 9.23. The van der Waals surface area contributed by atoms with Crippen LogP contribution >= 0.6 is 0 Å². The smallest absolute Gasteiger partial charge is 0.275 e. The molecule has 3 aliphatic rings. The first-order valence-corrected chi connectivity index (χ1v) is 11.1. The minimum absolute atomic E-state index is 0.0315. The summed E-state index contributed by atoms with van der Waals surface area (Å²) in [7, 11) is 0. The molecule has 5 heteroatoms. The zero-order valence-electron chi connectivity index (χ0n) is 17.5. The van der Waals surface area contributed by atoms with Gasteiger partial charge in [0, 0.05) is 12.0 Å². The maximum absolute atomic E-state index is 13.3. The van der Waals surface area contributed by atoms with Gasteiger partial charge in [0.25, 0.3) is 5.91 Å². The van der Waals surface area contributed by atoms with Crippen LogP contribution in [0.1, 0.15) is 81.8 Å². The second-order valence-electron chi connectivity index (χ2n) is 9.23. The molecule has 0 atom stereocenters. The van der Waals surface area contributed by atoms with Crippen molar-refractivity contribution < 1.29 is 14.7 Å². The van der Waals surface area contributed by atoms with E-state index in [1.807, 2.05) is 31.2 Å². The van der Waals surface area contributed by atoms with E-state index in [0.717, 1.165) is 62.5 Å². The Morgan fingerprint density at radius 3 is 2.31 bits per heavy atom. The number of Topliss-reactive ketones (excluding diaryl/α,β-unsaturated/α-hetero) is 1. The summed E-state index contributed by atoms with van der Waals surface area (Å²) in [5.74, 6) is -0.0931. The fourth-order valence-corrected chi connectivity index (χ4v) is 5.16. The van der Waals surface area contributed by atoms with Gasteiger partial charge in [0.05, 0.1) is 12.1 Å². The van der Waals surface area contributed by atoms with E-state index >= 15 is 0 Å². The molecule has 4 rings (SSSR count). The van der Waals surface area contributed by atoms with E-state index in [0.29, 0.717) is 18.6 Å². The van der Waals surface area contributed by atoms with Gasteiger partial charge >= 0.3 is 0 Å². The number of amides is 1. The predicted molar refractivity (Wildman–Crippen MR) is 113 cm³/mol.